The minimum Gasteiger partial charge on any atom is -0.396 e. The Morgan fingerprint density at radius 3 is 2.73 bits per heavy atom. The topological polar surface area (TPSA) is 57.1 Å². The third-order valence-corrected chi connectivity index (χ3v) is 4.74. The number of ether oxygens (including phenoxy) is 1. The molecule has 0 aromatic rings. The third-order valence-electron chi connectivity index (χ3n) is 4.74. The molecule has 130 valence electrons. The molecule has 0 radical (unpaired) electrons. The lowest BCUT2D eigenvalue weighted by Crippen LogP contribution is -2.47. The van der Waals surface area contributed by atoms with Gasteiger partial charge < -0.3 is 20.1 Å². The Labute approximate surface area is 151 Å². The lowest BCUT2D eigenvalue weighted by molar-refractivity contribution is -0.0107. The van der Waals surface area contributed by atoms with Crippen LogP contribution in [0.2, 0.25) is 0 Å². The number of rotatable bonds is 4. The fraction of sp³-hybridized carbons (Fsp3) is 0.938. The van der Waals surface area contributed by atoms with E-state index in [1.165, 1.54) is 12.8 Å². The van der Waals surface area contributed by atoms with Crippen molar-refractivity contribution in [3.8, 4) is 0 Å². The van der Waals surface area contributed by atoms with Gasteiger partial charge in [0.15, 0.2) is 5.96 Å². The standard InChI is InChI=1S/C16H31N3O2.HI/c1-3-17-15(19-8-4-5-14(2)11-19)18-12-16(13-20)6-9-21-10-7-16;/h14,20H,3-13H2,1-2H3,(H,17,18);1H. The van der Waals surface area contributed by atoms with Crippen LogP contribution in [-0.2, 0) is 4.74 Å². The summed E-state index contributed by atoms with van der Waals surface area (Å²) in [4.78, 5) is 7.23. The molecule has 0 aliphatic carbocycles. The molecule has 0 spiro atoms. The number of hydrogen-bond donors (Lipinski definition) is 2. The number of aliphatic hydroxyl groups is 1. The number of piperidine rings is 1. The van der Waals surface area contributed by atoms with Crippen LogP contribution in [0, 0.1) is 11.3 Å². The van der Waals surface area contributed by atoms with Gasteiger partial charge in [0.1, 0.15) is 0 Å². The van der Waals surface area contributed by atoms with Gasteiger partial charge in [0.2, 0.25) is 0 Å². The van der Waals surface area contributed by atoms with E-state index in [0.29, 0.717) is 6.54 Å². The van der Waals surface area contributed by atoms with Crippen molar-refractivity contribution >= 4 is 29.9 Å². The van der Waals surface area contributed by atoms with Crippen LogP contribution in [0.5, 0.6) is 0 Å². The molecule has 2 aliphatic heterocycles. The molecule has 0 aromatic heterocycles. The predicted octanol–water partition coefficient (Wildman–Crippen LogP) is 2.09. The maximum Gasteiger partial charge on any atom is 0.193 e. The molecule has 1 unspecified atom stereocenters. The predicted molar refractivity (Wildman–Crippen MR) is 101 cm³/mol. The highest BCUT2D eigenvalue weighted by Crippen LogP contribution is 2.30. The average Bonchev–Trinajstić information content (AvgIpc) is 2.52. The molecule has 2 N–H and O–H groups in total. The summed E-state index contributed by atoms with van der Waals surface area (Å²) in [5.74, 6) is 1.75. The number of halogens is 1. The van der Waals surface area contributed by atoms with E-state index in [-0.39, 0.29) is 36.0 Å². The molecule has 2 saturated heterocycles. The number of aliphatic imine (C=N–C) groups is 1. The van der Waals surface area contributed by atoms with E-state index in [4.69, 9.17) is 9.73 Å². The van der Waals surface area contributed by atoms with Crippen molar-refractivity contribution in [2.75, 3.05) is 46.0 Å². The van der Waals surface area contributed by atoms with E-state index < -0.39 is 0 Å². The molecule has 2 rings (SSSR count). The molecular weight excluding hydrogens is 393 g/mol. The Kier molecular flexibility index (Phi) is 9.01. The van der Waals surface area contributed by atoms with Crippen LogP contribution in [0.4, 0.5) is 0 Å². The Morgan fingerprint density at radius 2 is 2.14 bits per heavy atom. The van der Waals surface area contributed by atoms with Crippen LogP contribution in [-0.4, -0.2) is 62.0 Å². The minimum absolute atomic E-state index is 0. The minimum atomic E-state index is -0.0830. The zero-order chi connectivity index (χ0) is 15.1. The molecule has 0 aromatic carbocycles. The molecule has 1 atom stereocenters. The van der Waals surface area contributed by atoms with E-state index in [1.807, 2.05) is 0 Å². The van der Waals surface area contributed by atoms with Gasteiger partial charge in [-0.3, -0.25) is 4.99 Å². The molecule has 0 amide bonds. The molecule has 0 saturated carbocycles. The second kappa shape index (κ2) is 9.93. The van der Waals surface area contributed by atoms with Gasteiger partial charge in [-0.1, -0.05) is 6.92 Å². The quantitative estimate of drug-likeness (QED) is 0.412. The Morgan fingerprint density at radius 1 is 1.41 bits per heavy atom. The smallest absolute Gasteiger partial charge is 0.193 e. The first-order valence-electron chi connectivity index (χ1n) is 8.41. The van der Waals surface area contributed by atoms with E-state index in [0.717, 1.165) is 57.6 Å². The molecular formula is C16H32IN3O2. The van der Waals surface area contributed by atoms with Gasteiger partial charge in [0, 0.05) is 38.3 Å². The fourth-order valence-corrected chi connectivity index (χ4v) is 3.22. The summed E-state index contributed by atoms with van der Waals surface area (Å²) >= 11 is 0. The number of nitrogens with zero attached hydrogens (tertiary/aromatic N) is 2. The first-order valence-corrected chi connectivity index (χ1v) is 8.41. The second-order valence-electron chi connectivity index (χ2n) is 6.63. The van der Waals surface area contributed by atoms with Crippen molar-refractivity contribution in [3.63, 3.8) is 0 Å². The van der Waals surface area contributed by atoms with Crippen molar-refractivity contribution in [1.29, 1.82) is 0 Å². The van der Waals surface area contributed by atoms with Gasteiger partial charge in [-0.25, -0.2) is 0 Å². The SMILES string of the molecule is CCNC(=NCC1(CO)CCOCC1)N1CCCC(C)C1.I. The summed E-state index contributed by atoms with van der Waals surface area (Å²) < 4.78 is 5.43. The van der Waals surface area contributed by atoms with E-state index in [1.54, 1.807) is 0 Å². The van der Waals surface area contributed by atoms with Crippen molar-refractivity contribution in [3.05, 3.63) is 0 Å². The van der Waals surface area contributed by atoms with Crippen LogP contribution in [0.25, 0.3) is 0 Å². The molecule has 2 heterocycles. The first-order chi connectivity index (χ1) is 10.2. The number of aliphatic hydroxyl groups excluding tert-OH is 1. The van der Waals surface area contributed by atoms with Gasteiger partial charge in [0.25, 0.3) is 0 Å². The van der Waals surface area contributed by atoms with Gasteiger partial charge in [-0.15, -0.1) is 24.0 Å². The Bertz CT molecular complexity index is 346. The summed E-state index contributed by atoms with van der Waals surface area (Å²) in [5.41, 5.74) is -0.0830. The summed E-state index contributed by atoms with van der Waals surface area (Å²) in [6.45, 7) is 9.87. The number of likely N-dealkylation sites (tertiary alicyclic amines) is 1. The molecule has 5 nitrogen and oxygen atoms in total. The molecule has 6 heteroatoms. The van der Waals surface area contributed by atoms with Gasteiger partial charge >= 0.3 is 0 Å². The van der Waals surface area contributed by atoms with Crippen LogP contribution < -0.4 is 5.32 Å². The molecule has 22 heavy (non-hydrogen) atoms. The zero-order valence-corrected chi connectivity index (χ0v) is 16.3. The molecule has 2 aliphatic rings. The normalized spacial score (nSPS) is 25.5. The van der Waals surface area contributed by atoms with E-state index in [9.17, 15) is 5.11 Å². The maximum atomic E-state index is 9.78. The zero-order valence-electron chi connectivity index (χ0n) is 14.0. The van der Waals surface area contributed by atoms with Gasteiger partial charge in [-0.2, -0.15) is 0 Å². The number of hydrogen-bond acceptors (Lipinski definition) is 3. The summed E-state index contributed by atoms with van der Waals surface area (Å²) in [7, 11) is 0. The van der Waals surface area contributed by atoms with Crippen LogP contribution in [0.15, 0.2) is 4.99 Å². The molecule has 2 fully saturated rings. The second-order valence-corrected chi connectivity index (χ2v) is 6.63. The Balaban J connectivity index is 0.00000242. The largest absolute Gasteiger partial charge is 0.396 e. The average molecular weight is 425 g/mol. The van der Waals surface area contributed by atoms with Crippen molar-refractivity contribution in [2.24, 2.45) is 16.3 Å². The van der Waals surface area contributed by atoms with Gasteiger partial charge in [-0.05, 0) is 38.5 Å². The van der Waals surface area contributed by atoms with Crippen molar-refractivity contribution < 1.29 is 9.84 Å². The first kappa shape index (κ1) is 20.0. The fourth-order valence-electron chi connectivity index (χ4n) is 3.22. The van der Waals surface area contributed by atoms with Gasteiger partial charge in [0.05, 0.1) is 13.2 Å². The highest BCUT2D eigenvalue weighted by molar-refractivity contribution is 14.0. The lowest BCUT2D eigenvalue weighted by Gasteiger charge is -2.36. The molecule has 0 bridgehead atoms. The van der Waals surface area contributed by atoms with Crippen LogP contribution in [0.1, 0.15) is 39.5 Å². The summed E-state index contributed by atoms with van der Waals surface area (Å²) in [6.07, 6.45) is 4.37. The number of guanidine groups is 1. The van der Waals surface area contributed by atoms with E-state index in [2.05, 4.69) is 24.1 Å². The Hall–Kier alpha value is -0.0800. The number of nitrogens with one attached hydrogen (secondary N) is 1. The summed E-state index contributed by atoms with van der Waals surface area (Å²) in [5, 5.41) is 13.2. The maximum absolute atomic E-state index is 9.78. The highest BCUT2D eigenvalue weighted by atomic mass is 127. The van der Waals surface area contributed by atoms with Crippen molar-refractivity contribution in [1.82, 2.24) is 10.2 Å². The van der Waals surface area contributed by atoms with E-state index >= 15 is 0 Å². The third kappa shape index (κ3) is 5.53. The van der Waals surface area contributed by atoms with Crippen LogP contribution in [0.3, 0.4) is 0 Å². The monoisotopic (exact) mass is 425 g/mol. The van der Waals surface area contributed by atoms with Crippen molar-refractivity contribution in [2.45, 2.75) is 39.5 Å². The summed E-state index contributed by atoms with van der Waals surface area (Å²) in [6, 6.07) is 0. The van der Waals surface area contributed by atoms with Crippen LogP contribution >= 0.6 is 24.0 Å². The lowest BCUT2D eigenvalue weighted by atomic mass is 9.81. The highest BCUT2D eigenvalue weighted by Gasteiger charge is 2.32.